The number of rotatable bonds is 5. The van der Waals surface area contributed by atoms with E-state index < -0.39 is 0 Å². The lowest BCUT2D eigenvalue weighted by atomic mass is 10.3. The highest BCUT2D eigenvalue weighted by molar-refractivity contribution is 6.30. The third kappa shape index (κ3) is 6.02. The number of halogens is 1. The Balaban J connectivity index is 1.48. The smallest absolute Gasteiger partial charge is 0.321 e. The lowest BCUT2D eigenvalue weighted by molar-refractivity contribution is -0.133. The Kier molecular flexibility index (Phi) is 7.19. The average molecular weight is 418 g/mol. The molecule has 2 aromatic rings. The molecule has 3 amide bonds. The lowest BCUT2D eigenvalue weighted by Crippen LogP contribution is -2.40. The summed E-state index contributed by atoms with van der Waals surface area (Å²) in [6.45, 7) is 2.05. The fourth-order valence-corrected chi connectivity index (χ4v) is 3.24. The van der Waals surface area contributed by atoms with Crippen molar-refractivity contribution in [3.05, 3.63) is 53.6 Å². The molecule has 7 nitrogen and oxygen atoms in total. The van der Waals surface area contributed by atoms with Gasteiger partial charge in [0.2, 0.25) is 0 Å². The first kappa shape index (κ1) is 20.8. The number of hydrogen-bond acceptors (Lipinski definition) is 4. The van der Waals surface area contributed by atoms with Crippen molar-refractivity contribution in [2.24, 2.45) is 0 Å². The number of amides is 3. The van der Waals surface area contributed by atoms with Gasteiger partial charge < -0.3 is 24.6 Å². The molecule has 0 unspecified atom stereocenters. The third-order valence-electron chi connectivity index (χ3n) is 4.63. The SMILES string of the molecule is COc1ccc(OCC(=O)N2CCCN(C(=O)Nc3cccc(Cl)c3)CC2)cc1. The van der Waals surface area contributed by atoms with Crippen LogP contribution in [-0.2, 0) is 4.79 Å². The molecule has 1 heterocycles. The number of nitrogens with one attached hydrogen (secondary N) is 1. The van der Waals surface area contributed by atoms with Gasteiger partial charge in [0.1, 0.15) is 11.5 Å². The van der Waals surface area contributed by atoms with Gasteiger partial charge in [-0.05, 0) is 48.9 Å². The van der Waals surface area contributed by atoms with Crippen LogP contribution in [0.3, 0.4) is 0 Å². The molecule has 1 N–H and O–H groups in total. The van der Waals surface area contributed by atoms with Crippen LogP contribution in [0.2, 0.25) is 5.02 Å². The summed E-state index contributed by atoms with van der Waals surface area (Å²) in [5.41, 5.74) is 0.646. The summed E-state index contributed by atoms with van der Waals surface area (Å²) >= 11 is 5.96. The van der Waals surface area contributed by atoms with Crippen LogP contribution in [0.5, 0.6) is 11.5 Å². The van der Waals surface area contributed by atoms with Crippen molar-refractivity contribution >= 4 is 29.2 Å². The van der Waals surface area contributed by atoms with E-state index in [2.05, 4.69) is 5.32 Å². The maximum absolute atomic E-state index is 12.5. The quantitative estimate of drug-likeness (QED) is 0.808. The Morgan fingerprint density at radius 1 is 1.00 bits per heavy atom. The van der Waals surface area contributed by atoms with Gasteiger partial charge in [-0.1, -0.05) is 17.7 Å². The first-order valence-electron chi connectivity index (χ1n) is 9.41. The fourth-order valence-electron chi connectivity index (χ4n) is 3.05. The van der Waals surface area contributed by atoms with E-state index in [0.29, 0.717) is 49.1 Å². The molecule has 0 radical (unpaired) electrons. The predicted molar refractivity (Wildman–Crippen MR) is 112 cm³/mol. The second-order valence-corrected chi connectivity index (χ2v) is 7.06. The Hall–Kier alpha value is -2.93. The zero-order chi connectivity index (χ0) is 20.6. The number of ether oxygens (including phenoxy) is 2. The van der Waals surface area contributed by atoms with E-state index >= 15 is 0 Å². The largest absolute Gasteiger partial charge is 0.497 e. The van der Waals surface area contributed by atoms with E-state index in [1.54, 1.807) is 65.4 Å². The summed E-state index contributed by atoms with van der Waals surface area (Å²) < 4.78 is 10.7. The van der Waals surface area contributed by atoms with Crippen molar-refractivity contribution < 1.29 is 19.1 Å². The number of hydrogen-bond donors (Lipinski definition) is 1. The Labute approximate surface area is 175 Å². The highest BCUT2D eigenvalue weighted by atomic mass is 35.5. The second-order valence-electron chi connectivity index (χ2n) is 6.63. The highest BCUT2D eigenvalue weighted by Gasteiger charge is 2.22. The maximum atomic E-state index is 12.5. The number of carbonyl (C=O) groups is 2. The van der Waals surface area contributed by atoms with Gasteiger partial charge in [-0.3, -0.25) is 4.79 Å². The summed E-state index contributed by atoms with van der Waals surface area (Å²) in [6, 6.07) is 13.9. The molecular formula is C21H24ClN3O4. The predicted octanol–water partition coefficient (Wildman–Crippen LogP) is 3.49. The molecule has 1 aliphatic rings. The lowest BCUT2D eigenvalue weighted by Gasteiger charge is -2.22. The maximum Gasteiger partial charge on any atom is 0.321 e. The Morgan fingerprint density at radius 2 is 1.69 bits per heavy atom. The van der Waals surface area contributed by atoms with Gasteiger partial charge in [0.25, 0.3) is 5.91 Å². The molecule has 0 aliphatic carbocycles. The highest BCUT2D eigenvalue weighted by Crippen LogP contribution is 2.18. The first-order chi connectivity index (χ1) is 14.0. The van der Waals surface area contributed by atoms with Crippen LogP contribution in [0.25, 0.3) is 0 Å². The molecule has 0 aromatic heterocycles. The Bertz CT molecular complexity index is 844. The van der Waals surface area contributed by atoms with Gasteiger partial charge >= 0.3 is 6.03 Å². The molecule has 0 spiro atoms. The van der Waals surface area contributed by atoms with Crippen LogP contribution in [0.4, 0.5) is 10.5 Å². The zero-order valence-electron chi connectivity index (χ0n) is 16.3. The first-order valence-corrected chi connectivity index (χ1v) is 9.79. The van der Waals surface area contributed by atoms with Crippen LogP contribution in [-0.4, -0.2) is 61.6 Å². The van der Waals surface area contributed by atoms with Gasteiger partial charge in [-0.15, -0.1) is 0 Å². The van der Waals surface area contributed by atoms with Crippen LogP contribution in [0, 0.1) is 0 Å². The second kappa shape index (κ2) is 10.0. The number of benzene rings is 2. The number of methoxy groups -OCH3 is 1. The fraction of sp³-hybridized carbons (Fsp3) is 0.333. The van der Waals surface area contributed by atoms with E-state index in [1.165, 1.54) is 0 Å². The number of urea groups is 1. The van der Waals surface area contributed by atoms with Crippen molar-refractivity contribution in [2.75, 3.05) is 45.2 Å². The molecule has 0 saturated carbocycles. The van der Waals surface area contributed by atoms with Crippen LogP contribution in [0.1, 0.15) is 6.42 Å². The zero-order valence-corrected chi connectivity index (χ0v) is 17.0. The Morgan fingerprint density at radius 3 is 2.41 bits per heavy atom. The standard InChI is InChI=1S/C21H24ClN3O4/c1-28-18-6-8-19(9-7-18)29-15-20(26)24-10-3-11-25(13-12-24)21(27)23-17-5-2-4-16(22)14-17/h2,4-9,14H,3,10-13,15H2,1H3,(H,23,27). The molecule has 0 atom stereocenters. The van der Waals surface area contributed by atoms with E-state index in [-0.39, 0.29) is 18.5 Å². The molecule has 154 valence electrons. The topological polar surface area (TPSA) is 71.1 Å². The normalized spacial score (nSPS) is 14.1. The van der Waals surface area contributed by atoms with Crippen molar-refractivity contribution in [1.82, 2.24) is 9.80 Å². The number of carbonyl (C=O) groups excluding carboxylic acids is 2. The minimum Gasteiger partial charge on any atom is -0.497 e. The molecule has 29 heavy (non-hydrogen) atoms. The molecule has 8 heteroatoms. The molecule has 2 aromatic carbocycles. The van der Waals surface area contributed by atoms with Gasteiger partial charge in [-0.25, -0.2) is 4.79 Å². The van der Waals surface area contributed by atoms with Crippen molar-refractivity contribution in [3.63, 3.8) is 0 Å². The van der Waals surface area contributed by atoms with Gasteiger partial charge in [0.15, 0.2) is 6.61 Å². The number of nitrogens with zero attached hydrogens (tertiary/aromatic N) is 2. The van der Waals surface area contributed by atoms with Gasteiger partial charge in [0.05, 0.1) is 7.11 Å². The molecular weight excluding hydrogens is 394 g/mol. The molecule has 0 bridgehead atoms. The van der Waals surface area contributed by atoms with E-state index in [4.69, 9.17) is 21.1 Å². The summed E-state index contributed by atoms with van der Waals surface area (Å²) in [5, 5.41) is 3.41. The van der Waals surface area contributed by atoms with Crippen molar-refractivity contribution in [1.29, 1.82) is 0 Å². The molecule has 3 rings (SSSR count). The summed E-state index contributed by atoms with van der Waals surface area (Å²) in [5.74, 6) is 1.24. The molecule has 1 fully saturated rings. The monoisotopic (exact) mass is 417 g/mol. The molecule has 1 aliphatic heterocycles. The van der Waals surface area contributed by atoms with Gasteiger partial charge in [-0.2, -0.15) is 0 Å². The number of anilines is 1. The van der Waals surface area contributed by atoms with Crippen molar-refractivity contribution in [3.8, 4) is 11.5 Å². The summed E-state index contributed by atoms with van der Waals surface area (Å²) in [4.78, 5) is 28.4. The summed E-state index contributed by atoms with van der Waals surface area (Å²) in [6.07, 6.45) is 0.706. The van der Waals surface area contributed by atoms with E-state index in [0.717, 1.165) is 5.75 Å². The van der Waals surface area contributed by atoms with Crippen LogP contribution in [0.15, 0.2) is 48.5 Å². The van der Waals surface area contributed by atoms with E-state index in [1.807, 2.05) is 0 Å². The molecule has 1 saturated heterocycles. The van der Waals surface area contributed by atoms with Gasteiger partial charge in [0, 0.05) is 36.9 Å². The minimum absolute atomic E-state index is 0.0406. The average Bonchev–Trinajstić information content (AvgIpc) is 2.99. The summed E-state index contributed by atoms with van der Waals surface area (Å²) in [7, 11) is 1.59. The van der Waals surface area contributed by atoms with Crippen LogP contribution >= 0.6 is 11.6 Å². The van der Waals surface area contributed by atoms with Crippen molar-refractivity contribution in [2.45, 2.75) is 6.42 Å². The minimum atomic E-state index is -0.198. The third-order valence-corrected chi connectivity index (χ3v) is 4.87. The van der Waals surface area contributed by atoms with Crippen LogP contribution < -0.4 is 14.8 Å². The van der Waals surface area contributed by atoms with E-state index in [9.17, 15) is 9.59 Å².